The van der Waals surface area contributed by atoms with Gasteiger partial charge in [0, 0.05) is 36.6 Å². The summed E-state index contributed by atoms with van der Waals surface area (Å²) in [6.45, 7) is 5.57. The first-order valence-electron chi connectivity index (χ1n) is 9.26. The maximum absolute atomic E-state index is 5.55. The second-order valence-corrected chi connectivity index (χ2v) is 7.80. The molecule has 1 N–H and O–H groups in total. The molecule has 0 bridgehead atoms. The highest BCUT2D eigenvalue weighted by atomic mass is 16.5. The topological polar surface area (TPSA) is 51.0 Å². The average molecular weight is 347 g/mol. The van der Waals surface area contributed by atoms with Gasteiger partial charge >= 0.3 is 0 Å². The molecule has 26 heavy (non-hydrogen) atoms. The molecule has 1 saturated carbocycles. The van der Waals surface area contributed by atoms with E-state index >= 15 is 0 Å². The van der Waals surface area contributed by atoms with Crippen molar-refractivity contribution in [1.29, 1.82) is 0 Å². The summed E-state index contributed by atoms with van der Waals surface area (Å²) < 4.78 is 5.55. The molecule has 0 spiro atoms. The lowest BCUT2D eigenvalue weighted by Crippen LogP contribution is -2.57. The molecule has 1 fully saturated rings. The highest BCUT2D eigenvalue weighted by molar-refractivity contribution is 5.56. The van der Waals surface area contributed by atoms with Crippen LogP contribution >= 0.6 is 0 Å². The normalized spacial score (nSPS) is 21.3. The number of hydrogen-bond donors (Lipinski definition) is 1. The molecule has 2 heterocycles. The molecule has 2 atom stereocenters. The zero-order valence-corrected chi connectivity index (χ0v) is 15.4. The van der Waals surface area contributed by atoms with Gasteiger partial charge < -0.3 is 9.84 Å². The Morgan fingerprint density at radius 3 is 2.73 bits per heavy atom. The monoisotopic (exact) mass is 347 g/mol. The van der Waals surface area contributed by atoms with E-state index < -0.39 is 0 Å². The van der Waals surface area contributed by atoms with Gasteiger partial charge in [0.25, 0.3) is 0 Å². The van der Waals surface area contributed by atoms with Crippen LogP contribution in [0.5, 0.6) is 0 Å². The van der Waals surface area contributed by atoms with Crippen molar-refractivity contribution in [3.63, 3.8) is 0 Å². The van der Waals surface area contributed by atoms with Gasteiger partial charge in [-0.05, 0) is 35.8 Å². The predicted molar refractivity (Wildman–Crippen MR) is 102 cm³/mol. The van der Waals surface area contributed by atoms with Crippen molar-refractivity contribution in [2.45, 2.75) is 39.3 Å². The Kier molecular flexibility index (Phi) is 4.60. The Bertz CT molecular complexity index is 842. The maximum Gasteiger partial charge on any atom is 0.167 e. The molecule has 2 unspecified atom stereocenters. The lowest BCUT2D eigenvalue weighted by molar-refractivity contribution is 0.0125. The van der Waals surface area contributed by atoms with E-state index in [4.69, 9.17) is 4.52 Å². The van der Waals surface area contributed by atoms with Crippen molar-refractivity contribution in [2.75, 3.05) is 0 Å². The first kappa shape index (κ1) is 17.0. The fourth-order valence-electron chi connectivity index (χ4n) is 3.85. The molecule has 4 nitrogen and oxygen atoms in total. The van der Waals surface area contributed by atoms with Gasteiger partial charge in [-0.2, -0.15) is 0 Å². The number of nitrogens with zero attached hydrogens (tertiary/aromatic N) is 2. The van der Waals surface area contributed by atoms with Crippen LogP contribution in [0.3, 0.4) is 0 Å². The summed E-state index contributed by atoms with van der Waals surface area (Å²) in [5, 5.41) is 7.98. The molecule has 3 aromatic rings. The van der Waals surface area contributed by atoms with Crippen LogP contribution in [0.1, 0.15) is 31.5 Å². The minimum Gasteiger partial charge on any atom is -0.356 e. The number of aromatic nitrogens is 2. The maximum atomic E-state index is 5.55. The van der Waals surface area contributed by atoms with Crippen molar-refractivity contribution in [2.24, 2.45) is 11.3 Å². The van der Waals surface area contributed by atoms with Gasteiger partial charge in [0.15, 0.2) is 5.76 Å². The molecular formula is C22H25N3O. The zero-order chi connectivity index (χ0) is 18.0. The molecule has 0 radical (unpaired) electrons. The molecule has 1 aromatic carbocycles. The summed E-state index contributed by atoms with van der Waals surface area (Å²) in [6.07, 6.45) is 5.88. The third-order valence-electron chi connectivity index (χ3n) is 5.82. The lowest BCUT2D eigenvalue weighted by Gasteiger charge is -2.52. The predicted octanol–water partition coefficient (Wildman–Crippen LogP) is 4.48. The Morgan fingerprint density at radius 2 is 2.00 bits per heavy atom. The van der Waals surface area contributed by atoms with E-state index in [0.29, 0.717) is 12.0 Å². The van der Waals surface area contributed by atoms with Crippen molar-refractivity contribution in [3.05, 3.63) is 72.2 Å². The Labute approximate surface area is 154 Å². The summed E-state index contributed by atoms with van der Waals surface area (Å²) >= 11 is 0. The molecular weight excluding hydrogens is 322 g/mol. The first-order valence-corrected chi connectivity index (χ1v) is 9.26. The average Bonchev–Trinajstić information content (AvgIpc) is 3.14. The van der Waals surface area contributed by atoms with Crippen molar-refractivity contribution >= 4 is 0 Å². The van der Waals surface area contributed by atoms with Gasteiger partial charge in [-0.1, -0.05) is 55.4 Å². The van der Waals surface area contributed by atoms with Crippen LogP contribution in [0.4, 0.5) is 0 Å². The van der Waals surface area contributed by atoms with E-state index in [1.54, 1.807) is 0 Å². The zero-order valence-electron chi connectivity index (χ0n) is 15.4. The van der Waals surface area contributed by atoms with Gasteiger partial charge in [-0.15, -0.1) is 0 Å². The van der Waals surface area contributed by atoms with Crippen LogP contribution in [0, 0.1) is 11.3 Å². The first-order chi connectivity index (χ1) is 12.6. The van der Waals surface area contributed by atoms with Crippen LogP contribution < -0.4 is 5.32 Å². The summed E-state index contributed by atoms with van der Waals surface area (Å²) in [5.74, 6) is 1.46. The van der Waals surface area contributed by atoms with Crippen molar-refractivity contribution in [3.8, 4) is 11.3 Å². The molecule has 2 aromatic heterocycles. The minimum absolute atomic E-state index is 0.244. The van der Waals surface area contributed by atoms with Crippen molar-refractivity contribution < 1.29 is 4.52 Å². The Morgan fingerprint density at radius 1 is 1.15 bits per heavy atom. The Balaban J connectivity index is 1.34. The standard InChI is InChI=1S/C22H25N3O/c1-22(2)18(12-21(22)24-15-16-7-6-10-23-14-16)11-19-13-20(26-25-19)17-8-4-3-5-9-17/h3-10,13-14,18,21,24H,11-12,15H2,1-2H3. The molecule has 0 saturated heterocycles. The summed E-state index contributed by atoms with van der Waals surface area (Å²) in [7, 11) is 0. The molecule has 1 aliphatic carbocycles. The number of rotatable bonds is 6. The van der Waals surface area contributed by atoms with E-state index in [-0.39, 0.29) is 5.41 Å². The molecule has 4 heteroatoms. The van der Waals surface area contributed by atoms with Gasteiger partial charge in [-0.3, -0.25) is 4.98 Å². The highest BCUT2D eigenvalue weighted by Crippen LogP contribution is 2.48. The van der Waals surface area contributed by atoms with Gasteiger partial charge in [0.05, 0.1) is 5.69 Å². The van der Waals surface area contributed by atoms with Crippen LogP contribution in [0.25, 0.3) is 11.3 Å². The second kappa shape index (κ2) is 7.04. The van der Waals surface area contributed by atoms with Crippen molar-refractivity contribution in [1.82, 2.24) is 15.5 Å². The smallest absolute Gasteiger partial charge is 0.167 e. The van der Waals surface area contributed by atoms with E-state index in [0.717, 1.165) is 30.0 Å². The largest absolute Gasteiger partial charge is 0.356 e. The number of hydrogen-bond acceptors (Lipinski definition) is 4. The third kappa shape index (κ3) is 3.42. The van der Waals surface area contributed by atoms with Crippen LogP contribution in [-0.4, -0.2) is 16.2 Å². The van der Waals surface area contributed by atoms with Gasteiger partial charge in [-0.25, -0.2) is 0 Å². The fraction of sp³-hybridized carbons (Fsp3) is 0.364. The lowest BCUT2D eigenvalue weighted by atomic mass is 9.57. The quantitative estimate of drug-likeness (QED) is 0.714. The summed E-state index contributed by atoms with van der Waals surface area (Å²) in [6, 6.07) is 16.9. The van der Waals surface area contributed by atoms with E-state index in [9.17, 15) is 0 Å². The molecule has 0 aliphatic heterocycles. The number of benzene rings is 1. The highest BCUT2D eigenvalue weighted by Gasteiger charge is 2.47. The van der Waals surface area contributed by atoms with E-state index in [2.05, 4.69) is 53.6 Å². The SMILES string of the molecule is CC1(C)C(Cc2cc(-c3ccccc3)on2)CC1NCc1cccnc1. The van der Waals surface area contributed by atoms with E-state index in [1.807, 2.05) is 36.7 Å². The van der Waals surface area contributed by atoms with Crippen LogP contribution in [-0.2, 0) is 13.0 Å². The molecule has 4 rings (SSSR count). The van der Waals surface area contributed by atoms with Crippen LogP contribution in [0.2, 0.25) is 0 Å². The molecule has 0 amide bonds. The number of pyridine rings is 1. The fourth-order valence-corrected chi connectivity index (χ4v) is 3.85. The van der Waals surface area contributed by atoms with E-state index in [1.165, 1.54) is 12.0 Å². The van der Waals surface area contributed by atoms with Gasteiger partial charge in [0.1, 0.15) is 0 Å². The molecule has 134 valence electrons. The summed E-state index contributed by atoms with van der Waals surface area (Å²) in [4.78, 5) is 4.18. The minimum atomic E-state index is 0.244. The summed E-state index contributed by atoms with van der Waals surface area (Å²) in [5.41, 5.74) is 3.60. The number of nitrogens with one attached hydrogen (secondary N) is 1. The van der Waals surface area contributed by atoms with Gasteiger partial charge in [0.2, 0.25) is 0 Å². The van der Waals surface area contributed by atoms with Crippen LogP contribution in [0.15, 0.2) is 65.4 Å². The third-order valence-corrected chi connectivity index (χ3v) is 5.82. The molecule has 1 aliphatic rings. The Hall–Kier alpha value is -2.46. The second-order valence-electron chi connectivity index (χ2n) is 7.80.